The van der Waals surface area contributed by atoms with Gasteiger partial charge in [0.25, 0.3) is 5.69 Å². The van der Waals surface area contributed by atoms with Crippen LogP contribution in [0.2, 0.25) is 0 Å². The number of fused-ring (bicyclic) bond motifs is 3. The zero-order valence-corrected chi connectivity index (χ0v) is 15.1. The lowest BCUT2D eigenvalue weighted by molar-refractivity contribution is -0.384. The third kappa shape index (κ3) is 2.81. The van der Waals surface area contributed by atoms with E-state index in [1.165, 1.54) is 12.1 Å². The van der Waals surface area contributed by atoms with Gasteiger partial charge in [-0.15, -0.1) is 5.10 Å². The fourth-order valence-corrected chi connectivity index (χ4v) is 3.11. The van der Waals surface area contributed by atoms with Crippen LogP contribution in [-0.2, 0) is 0 Å². The molecular weight excluding hydrogens is 374 g/mol. The van der Waals surface area contributed by atoms with Gasteiger partial charge >= 0.3 is 0 Å². The molecule has 3 aromatic heterocycles. The predicted molar refractivity (Wildman–Crippen MR) is 104 cm³/mol. The van der Waals surface area contributed by atoms with Crippen LogP contribution in [-0.4, -0.2) is 39.7 Å². The van der Waals surface area contributed by atoms with Crippen LogP contribution in [0.15, 0.2) is 54.6 Å². The summed E-state index contributed by atoms with van der Waals surface area (Å²) < 4.78 is 3.26. The predicted octanol–water partition coefficient (Wildman–Crippen LogP) is 2.82. The Morgan fingerprint density at radius 1 is 1.10 bits per heavy atom. The maximum atomic E-state index is 10.9. The van der Waals surface area contributed by atoms with Crippen molar-refractivity contribution in [3.8, 4) is 5.69 Å². The van der Waals surface area contributed by atoms with Crippen LogP contribution in [0.3, 0.4) is 0 Å². The molecule has 11 nitrogen and oxygen atoms in total. The summed E-state index contributed by atoms with van der Waals surface area (Å²) in [6.07, 6.45) is 0. The Hall–Kier alpha value is -4.41. The maximum absolute atomic E-state index is 10.9. The molecule has 2 aromatic carbocycles. The van der Waals surface area contributed by atoms with Crippen LogP contribution >= 0.6 is 0 Å². The van der Waals surface area contributed by atoms with E-state index in [4.69, 9.17) is 0 Å². The normalized spacial score (nSPS) is 11.2. The Balaban J connectivity index is 1.61. The quantitative estimate of drug-likeness (QED) is 0.368. The maximum Gasteiger partial charge on any atom is 0.269 e. The summed E-state index contributed by atoms with van der Waals surface area (Å²) in [6.45, 7) is 1.86. The largest absolute Gasteiger partial charge is 0.322 e. The molecule has 0 radical (unpaired) electrons. The summed E-state index contributed by atoms with van der Waals surface area (Å²) in [7, 11) is 0. The minimum atomic E-state index is -0.439. The van der Waals surface area contributed by atoms with E-state index in [-0.39, 0.29) is 5.69 Å². The van der Waals surface area contributed by atoms with Gasteiger partial charge in [0.1, 0.15) is 5.82 Å². The Kier molecular flexibility index (Phi) is 3.66. The zero-order valence-electron chi connectivity index (χ0n) is 15.1. The van der Waals surface area contributed by atoms with Crippen molar-refractivity contribution in [2.45, 2.75) is 6.92 Å². The number of anilines is 2. The zero-order chi connectivity index (χ0) is 20.0. The van der Waals surface area contributed by atoms with Crippen molar-refractivity contribution < 1.29 is 4.92 Å². The number of hydrogen-bond acceptors (Lipinski definition) is 8. The van der Waals surface area contributed by atoms with E-state index in [2.05, 4.69) is 30.9 Å². The number of hydrogen-bond donors (Lipinski definition) is 1. The molecule has 11 heteroatoms. The molecule has 0 bridgehead atoms. The van der Waals surface area contributed by atoms with Crippen LogP contribution in [0.5, 0.6) is 0 Å². The highest BCUT2D eigenvalue weighted by atomic mass is 16.6. The Bertz CT molecular complexity index is 1370. The van der Waals surface area contributed by atoms with E-state index < -0.39 is 4.92 Å². The molecule has 0 saturated heterocycles. The Morgan fingerprint density at radius 3 is 2.69 bits per heavy atom. The molecule has 5 aromatic rings. The summed E-state index contributed by atoms with van der Waals surface area (Å²) >= 11 is 0. The van der Waals surface area contributed by atoms with Gasteiger partial charge in [-0.05, 0) is 41.6 Å². The standard InChI is InChI=1S/C18H13N9O2/c1-11-10-16(25(22-11)12-6-8-13(9-7-12)27(28)29)20-17-18-21-23-24-26(18)15-5-3-2-4-14(15)19-17/h2-10H,1H3,(H,19,20). The lowest BCUT2D eigenvalue weighted by Crippen LogP contribution is -2.06. The van der Waals surface area contributed by atoms with Crippen molar-refractivity contribution in [3.05, 3.63) is 70.4 Å². The first-order valence-corrected chi connectivity index (χ1v) is 8.65. The van der Waals surface area contributed by atoms with Crippen LogP contribution in [0.25, 0.3) is 22.4 Å². The van der Waals surface area contributed by atoms with Crippen molar-refractivity contribution in [1.29, 1.82) is 0 Å². The first-order chi connectivity index (χ1) is 14.1. The number of nitrogens with zero attached hydrogens (tertiary/aromatic N) is 8. The van der Waals surface area contributed by atoms with E-state index in [0.29, 0.717) is 23.0 Å². The molecule has 142 valence electrons. The number of rotatable bonds is 4. The lowest BCUT2D eigenvalue weighted by atomic mass is 10.3. The summed E-state index contributed by atoms with van der Waals surface area (Å²) in [4.78, 5) is 15.1. The third-order valence-corrected chi connectivity index (χ3v) is 4.41. The first-order valence-electron chi connectivity index (χ1n) is 8.65. The second kappa shape index (κ2) is 6.34. The molecule has 5 rings (SSSR count). The summed E-state index contributed by atoms with van der Waals surface area (Å²) in [5, 5.41) is 30.5. The molecule has 29 heavy (non-hydrogen) atoms. The fraction of sp³-hybridized carbons (Fsp3) is 0.0556. The monoisotopic (exact) mass is 387 g/mol. The molecule has 0 aliphatic heterocycles. The van der Waals surface area contributed by atoms with Gasteiger partial charge in [0.05, 0.1) is 27.3 Å². The molecule has 0 aliphatic rings. The summed E-state index contributed by atoms with van der Waals surface area (Å²) in [5.74, 6) is 1.10. The number of nitrogens with one attached hydrogen (secondary N) is 1. The molecule has 0 unspecified atom stereocenters. The number of nitro benzene ring substituents is 1. The smallest absolute Gasteiger partial charge is 0.269 e. The molecule has 0 aliphatic carbocycles. The van der Waals surface area contributed by atoms with Gasteiger partial charge in [0.2, 0.25) is 5.65 Å². The minimum absolute atomic E-state index is 0.0135. The fourth-order valence-electron chi connectivity index (χ4n) is 3.11. The van der Waals surface area contributed by atoms with Gasteiger partial charge in [0, 0.05) is 18.2 Å². The van der Waals surface area contributed by atoms with E-state index in [9.17, 15) is 10.1 Å². The van der Waals surface area contributed by atoms with Crippen molar-refractivity contribution in [2.24, 2.45) is 0 Å². The highest BCUT2D eigenvalue weighted by molar-refractivity contribution is 5.83. The van der Waals surface area contributed by atoms with Crippen LogP contribution in [0.1, 0.15) is 5.69 Å². The molecule has 0 amide bonds. The SMILES string of the molecule is Cc1cc(Nc2nc3ccccc3n3nnnc23)n(-c2ccc([N+](=O)[O-])cc2)n1. The molecule has 0 atom stereocenters. The average molecular weight is 387 g/mol. The molecule has 0 spiro atoms. The summed E-state index contributed by atoms with van der Waals surface area (Å²) in [5.41, 5.74) is 3.44. The Morgan fingerprint density at radius 2 is 1.90 bits per heavy atom. The number of non-ortho nitro benzene ring substituents is 1. The number of tetrazole rings is 1. The van der Waals surface area contributed by atoms with Crippen LogP contribution < -0.4 is 5.32 Å². The second-order valence-corrected chi connectivity index (χ2v) is 6.34. The molecule has 0 fully saturated rings. The van der Waals surface area contributed by atoms with Crippen LogP contribution in [0, 0.1) is 17.0 Å². The number of para-hydroxylation sites is 2. The van der Waals surface area contributed by atoms with Crippen molar-refractivity contribution in [3.63, 3.8) is 0 Å². The lowest BCUT2D eigenvalue weighted by Gasteiger charge is -2.10. The van der Waals surface area contributed by atoms with Crippen LogP contribution in [0.4, 0.5) is 17.3 Å². The summed E-state index contributed by atoms with van der Waals surface area (Å²) in [6, 6.07) is 15.5. The number of benzene rings is 2. The van der Waals surface area contributed by atoms with E-state index >= 15 is 0 Å². The van der Waals surface area contributed by atoms with Gasteiger partial charge in [-0.1, -0.05) is 12.1 Å². The van der Waals surface area contributed by atoms with Gasteiger partial charge in [-0.3, -0.25) is 10.1 Å². The first kappa shape index (κ1) is 16.7. The number of aromatic nitrogens is 7. The van der Waals surface area contributed by atoms with Crippen molar-refractivity contribution in [2.75, 3.05) is 5.32 Å². The van der Waals surface area contributed by atoms with E-state index in [1.54, 1.807) is 21.3 Å². The Labute approximate surface area is 162 Å². The minimum Gasteiger partial charge on any atom is -0.322 e. The second-order valence-electron chi connectivity index (χ2n) is 6.34. The van der Waals surface area contributed by atoms with Crippen molar-refractivity contribution in [1.82, 2.24) is 34.8 Å². The van der Waals surface area contributed by atoms with Gasteiger partial charge < -0.3 is 5.32 Å². The van der Waals surface area contributed by atoms with Gasteiger partial charge in [0.15, 0.2) is 5.82 Å². The van der Waals surface area contributed by atoms with Gasteiger partial charge in [-0.25, -0.2) is 9.67 Å². The van der Waals surface area contributed by atoms with Gasteiger partial charge in [-0.2, -0.15) is 9.61 Å². The number of nitro groups is 1. The highest BCUT2D eigenvalue weighted by Gasteiger charge is 2.15. The third-order valence-electron chi connectivity index (χ3n) is 4.41. The van der Waals surface area contributed by atoms with Crippen molar-refractivity contribution >= 4 is 34.0 Å². The highest BCUT2D eigenvalue weighted by Crippen LogP contribution is 2.25. The number of aryl methyl sites for hydroxylation is 1. The topological polar surface area (TPSA) is 129 Å². The average Bonchev–Trinajstić information content (AvgIpc) is 3.35. The molecule has 1 N–H and O–H groups in total. The molecular formula is C18H13N9O2. The molecule has 3 heterocycles. The molecule has 0 saturated carbocycles. The van der Waals surface area contributed by atoms with E-state index in [1.807, 2.05) is 37.3 Å². The van der Waals surface area contributed by atoms with E-state index in [0.717, 1.165) is 16.7 Å².